The molecule has 3 aliphatic rings. The second-order valence-corrected chi connectivity index (χ2v) is 7.25. The molecule has 0 nitrogen and oxygen atoms in total. The normalized spacial score (nSPS) is 48.2. The first-order valence-electron chi connectivity index (χ1n) is 6.87. The minimum atomic E-state index is 0.812. The molecule has 4 atom stereocenters. The van der Waals surface area contributed by atoms with Crippen molar-refractivity contribution in [2.75, 3.05) is 5.33 Å². The fourth-order valence-electron chi connectivity index (χ4n) is 5.07. The molecule has 0 aromatic heterocycles. The molecule has 86 valence electrons. The van der Waals surface area contributed by atoms with Crippen LogP contribution in [0.5, 0.6) is 0 Å². The molecule has 4 unspecified atom stereocenters. The van der Waals surface area contributed by atoms with Crippen molar-refractivity contribution in [3.63, 3.8) is 0 Å². The smallest absolute Gasteiger partial charge is 0.00315 e. The van der Waals surface area contributed by atoms with Gasteiger partial charge in [0, 0.05) is 5.33 Å². The van der Waals surface area contributed by atoms with Crippen molar-refractivity contribution in [2.45, 2.75) is 57.8 Å². The van der Waals surface area contributed by atoms with Gasteiger partial charge in [-0.3, -0.25) is 0 Å². The van der Waals surface area contributed by atoms with Crippen LogP contribution in [0.4, 0.5) is 0 Å². The lowest BCUT2D eigenvalue weighted by Gasteiger charge is -2.38. The Bertz CT molecular complexity index is 233. The standard InChI is InChI=1S/C14H23Br/c15-6-2-5-14-8-11-3-1-4-12(9-14)13(7-11)10-14/h11-13H,1-10H2. The van der Waals surface area contributed by atoms with Crippen molar-refractivity contribution >= 4 is 15.9 Å². The predicted molar refractivity (Wildman–Crippen MR) is 68.3 cm³/mol. The van der Waals surface area contributed by atoms with E-state index in [0.717, 1.165) is 23.2 Å². The van der Waals surface area contributed by atoms with Crippen molar-refractivity contribution in [2.24, 2.45) is 23.2 Å². The van der Waals surface area contributed by atoms with Crippen LogP contribution in [0.25, 0.3) is 0 Å². The van der Waals surface area contributed by atoms with E-state index in [0.29, 0.717) is 0 Å². The van der Waals surface area contributed by atoms with Crippen LogP contribution in [0.1, 0.15) is 57.8 Å². The molecule has 1 heteroatoms. The van der Waals surface area contributed by atoms with Gasteiger partial charge >= 0.3 is 0 Å². The molecule has 0 saturated heterocycles. The zero-order valence-corrected chi connectivity index (χ0v) is 11.3. The van der Waals surface area contributed by atoms with Crippen LogP contribution in [-0.4, -0.2) is 5.33 Å². The van der Waals surface area contributed by atoms with Crippen LogP contribution in [0.15, 0.2) is 0 Å². The lowest BCUT2D eigenvalue weighted by Crippen LogP contribution is -2.26. The molecule has 0 heterocycles. The summed E-state index contributed by atoms with van der Waals surface area (Å²) in [4.78, 5) is 0. The number of halogens is 1. The quantitative estimate of drug-likeness (QED) is 0.649. The molecule has 0 radical (unpaired) electrons. The third kappa shape index (κ3) is 1.90. The number of fused-ring (bicyclic) bond motifs is 2. The van der Waals surface area contributed by atoms with Crippen LogP contribution in [0, 0.1) is 23.2 Å². The first-order chi connectivity index (χ1) is 7.31. The van der Waals surface area contributed by atoms with Gasteiger partial charge in [-0.15, -0.1) is 0 Å². The molecule has 15 heavy (non-hydrogen) atoms. The molecule has 0 amide bonds. The van der Waals surface area contributed by atoms with Crippen LogP contribution >= 0.6 is 15.9 Å². The molecule has 0 aromatic rings. The molecular weight excluding hydrogens is 248 g/mol. The Kier molecular flexibility index (Phi) is 2.87. The van der Waals surface area contributed by atoms with E-state index < -0.39 is 0 Å². The molecule has 0 aliphatic heterocycles. The van der Waals surface area contributed by atoms with E-state index in [-0.39, 0.29) is 0 Å². The summed E-state index contributed by atoms with van der Waals surface area (Å²) in [6, 6.07) is 0. The van der Waals surface area contributed by atoms with E-state index in [9.17, 15) is 0 Å². The summed E-state index contributed by atoms with van der Waals surface area (Å²) in [6.07, 6.45) is 14.0. The van der Waals surface area contributed by atoms with E-state index >= 15 is 0 Å². The molecule has 3 aliphatic carbocycles. The van der Waals surface area contributed by atoms with E-state index in [1.807, 2.05) is 0 Å². The summed E-state index contributed by atoms with van der Waals surface area (Å²) in [5, 5.41) is 1.22. The Morgan fingerprint density at radius 2 is 1.93 bits per heavy atom. The summed E-state index contributed by atoms with van der Waals surface area (Å²) < 4.78 is 0. The van der Waals surface area contributed by atoms with Crippen LogP contribution in [0.2, 0.25) is 0 Å². The maximum atomic E-state index is 3.60. The number of alkyl halides is 1. The van der Waals surface area contributed by atoms with Gasteiger partial charge in [0.05, 0.1) is 0 Å². The van der Waals surface area contributed by atoms with Gasteiger partial charge in [-0.05, 0) is 61.7 Å². The van der Waals surface area contributed by atoms with Gasteiger partial charge in [0.25, 0.3) is 0 Å². The highest BCUT2D eigenvalue weighted by Crippen LogP contribution is 2.61. The Balaban J connectivity index is 1.76. The molecule has 3 fully saturated rings. The van der Waals surface area contributed by atoms with Crippen molar-refractivity contribution in [3.05, 3.63) is 0 Å². The van der Waals surface area contributed by atoms with Gasteiger partial charge in [0.1, 0.15) is 0 Å². The second-order valence-electron chi connectivity index (χ2n) is 6.46. The van der Waals surface area contributed by atoms with E-state index in [2.05, 4.69) is 15.9 Å². The number of hydrogen-bond acceptors (Lipinski definition) is 0. The molecular formula is C14H23Br. The van der Waals surface area contributed by atoms with Crippen molar-refractivity contribution in [1.29, 1.82) is 0 Å². The topological polar surface area (TPSA) is 0 Å². The van der Waals surface area contributed by atoms with Gasteiger partial charge < -0.3 is 0 Å². The van der Waals surface area contributed by atoms with Crippen molar-refractivity contribution < 1.29 is 0 Å². The molecule has 0 N–H and O–H groups in total. The Hall–Kier alpha value is 0.480. The van der Waals surface area contributed by atoms with Gasteiger partial charge in [-0.2, -0.15) is 0 Å². The Morgan fingerprint density at radius 1 is 1.07 bits per heavy atom. The minimum absolute atomic E-state index is 0.812. The van der Waals surface area contributed by atoms with E-state index in [1.54, 1.807) is 44.9 Å². The lowest BCUT2D eigenvalue weighted by molar-refractivity contribution is 0.135. The molecule has 3 bridgehead atoms. The zero-order chi connectivity index (χ0) is 10.3. The highest BCUT2D eigenvalue weighted by Gasteiger charge is 2.50. The van der Waals surface area contributed by atoms with Gasteiger partial charge in [0.2, 0.25) is 0 Å². The summed E-state index contributed by atoms with van der Waals surface area (Å²) in [6.45, 7) is 0. The number of hydrogen-bond donors (Lipinski definition) is 0. The minimum Gasteiger partial charge on any atom is -0.0928 e. The van der Waals surface area contributed by atoms with Crippen LogP contribution in [0.3, 0.4) is 0 Å². The maximum Gasteiger partial charge on any atom is 0.00315 e. The highest BCUT2D eigenvalue weighted by atomic mass is 79.9. The summed E-state index contributed by atoms with van der Waals surface area (Å²) in [5.41, 5.74) is 0.812. The molecule has 3 saturated carbocycles. The van der Waals surface area contributed by atoms with E-state index in [4.69, 9.17) is 0 Å². The van der Waals surface area contributed by atoms with Gasteiger partial charge in [-0.1, -0.05) is 35.2 Å². The van der Waals surface area contributed by atoms with Crippen LogP contribution in [-0.2, 0) is 0 Å². The van der Waals surface area contributed by atoms with Crippen molar-refractivity contribution in [3.8, 4) is 0 Å². The first-order valence-corrected chi connectivity index (χ1v) is 7.99. The van der Waals surface area contributed by atoms with Crippen molar-refractivity contribution in [1.82, 2.24) is 0 Å². The van der Waals surface area contributed by atoms with E-state index in [1.165, 1.54) is 18.2 Å². The second kappa shape index (κ2) is 4.05. The fraction of sp³-hybridized carbons (Fsp3) is 1.00. The Morgan fingerprint density at radius 3 is 2.80 bits per heavy atom. The Labute approximate surface area is 102 Å². The SMILES string of the molecule is BrCCCC12CC3CCCC(C1)C(C3)C2. The third-order valence-electron chi connectivity index (χ3n) is 5.44. The summed E-state index contributed by atoms with van der Waals surface area (Å²) in [7, 11) is 0. The van der Waals surface area contributed by atoms with Gasteiger partial charge in [0.15, 0.2) is 0 Å². The van der Waals surface area contributed by atoms with Gasteiger partial charge in [-0.25, -0.2) is 0 Å². The summed E-state index contributed by atoms with van der Waals surface area (Å²) >= 11 is 3.60. The third-order valence-corrected chi connectivity index (χ3v) is 6.00. The molecule has 3 rings (SSSR count). The average Bonchev–Trinajstić information content (AvgIpc) is 2.38. The molecule has 0 spiro atoms. The lowest BCUT2D eigenvalue weighted by atomic mass is 9.68. The zero-order valence-electron chi connectivity index (χ0n) is 9.68. The predicted octanol–water partition coefficient (Wildman–Crippen LogP) is 4.77. The monoisotopic (exact) mass is 270 g/mol. The largest absolute Gasteiger partial charge is 0.0928 e. The average molecular weight is 271 g/mol. The number of rotatable bonds is 3. The molecule has 0 aromatic carbocycles. The van der Waals surface area contributed by atoms with Crippen LogP contribution < -0.4 is 0 Å². The summed E-state index contributed by atoms with van der Waals surface area (Å²) in [5.74, 6) is 3.39. The highest BCUT2D eigenvalue weighted by molar-refractivity contribution is 9.09. The first kappa shape index (κ1) is 10.6. The maximum absolute atomic E-state index is 3.60. The fourth-order valence-corrected chi connectivity index (χ4v) is 5.35.